The first kappa shape index (κ1) is 20.5. The predicted octanol–water partition coefficient (Wildman–Crippen LogP) is 4.81. The number of nitrogens with zero attached hydrogens (tertiary/aromatic N) is 1. The van der Waals surface area contributed by atoms with Crippen LogP contribution in [0.25, 0.3) is 0 Å². The molecule has 1 N–H and O–H groups in total. The lowest BCUT2D eigenvalue weighted by Crippen LogP contribution is -2.37. The van der Waals surface area contributed by atoms with E-state index in [0.29, 0.717) is 6.61 Å². The summed E-state index contributed by atoms with van der Waals surface area (Å²) in [4.78, 5) is 12.7. The molecule has 5 heteroatoms. The van der Waals surface area contributed by atoms with Crippen LogP contribution in [0.15, 0.2) is 42.2 Å². The minimum Gasteiger partial charge on any atom is -0.489 e. The van der Waals surface area contributed by atoms with E-state index in [4.69, 9.17) is 21.4 Å². The number of carbonyl (C=O) groups is 1. The molecular weight excluding hydrogens is 350 g/mol. The standard InChI is InChI=1S/C21H28ClNO3/c1-15-5-6-17(11-19(15)22)14-26-18-7-9-21(3,10-8-18)12-16(2)23(4)13-20(24)25/h5-9,11,16H,10,12-14H2,1-4H3,(H,24,25)/t16-,21?/m1/s1. The number of likely N-dealkylation sites (N-methyl/N-ethyl adjacent to an activating group) is 1. The Labute approximate surface area is 161 Å². The summed E-state index contributed by atoms with van der Waals surface area (Å²) >= 11 is 6.15. The van der Waals surface area contributed by atoms with Gasteiger partial charge in [0.25, 0.3) is 0 Å². The van der Waals surface area contributed by atoms with Crippen molar-refractivity contribution in [3.63, 3.8) is 0 Å². The molecule has 1 aliphatic carbocycles. The van der Waals surface area contributed by atoms with Crippen molar-refractivity contribution < 1.29 is 14.6 Å². The molecule has 1 aromatic rings. The molecule has 0 radical (unpaired) electrons. The number of hydrogen-bond donors (Lipinski definition) is 1. The van der Waals surface area contributed by atoms with Crippen molar-refractivity contribution >= 4 is 17.6 Å². The number of allylic oxidation sites excluding steroid dienone is 3. The van der Waals surface area contributed by atoms with Crippen LogP contribution in [0.2, 0.25) is 5.02 Å². The molecule has 0 heterocycles. The Morgan fingerprint density at radius 3 is 2.77 bits per heavy atom. The molecule has 0 fully saturated rings. The number of carboxylic acids is 1. The normalized spacial score (nSPS) is 20.8. The summed E-state index contributed by atoms with van der Waals surface area (Å²) in [5.74, 6) is 0.0706. The largest absolute Gasteiger partial charge is 0.489 e. The van der Waals surface area contributed by atoms with Gasteiger partial charge in [0.2, 0.25) is 0 Å². The quantitative estimate of drug-likeness (QED) is 0.706. The molecule has 0 amide bonds. The summed E-state index contributed by atoms with van der Waals surface area (Å²) in [6, 6.07) is 6.15. The number of aliphatic carboxylic acids is 1. The van der Waals surface area contributed by atoms with Crippen molar-refractivity contribution in [2.24, 2.45) is 5.41 Å². The minimum absolute atomic E-state index is 0.00616. The summed E-state index contributed by atoms with van der Waals surface area (Å²) in [6.07, 6.45) is 8.07. The van der Waals surface area contributed by atoms with Crippen LogP contribution in [0, 0.1) is 12.3 Å². The Balaban J connectivity index is 1.87. The number of carboxylic acid groups (broad SMARTS) is 1. The van der Waals surface area contributed by atoms with Gasteiger partial charge in [-0.15, -0.1) is 0 Å². The fourth-order valence-corrected chi connectivity index (χ4v) is 3.31. The van der Waals surface area contributed by atoms with Gasteiger partial charge in [-0.2, -0.15) is 0 Å². The highest BCUT2D eigenvalue weighted by molar-refractivity contribution is 6.31. The average molecular weight is 378 g/mol. The first-order valence-corrected chi connectivity index (χ1v) is 9.25. The third-order valence-corrected chi connectivity index (χ3v) is 5.37. The van der Waals surface area contributed by atoms with E-state index >= 15 is 0 Å². The van der Waals surface area contributed by atoms with Gasteiger partial charge in [0.05, 0.1) is 6.54 Å². The molecule has 0 saturated heterocycles. The van der Waals surface area contributed by atoms with E-state index in [1.165, 1.54) is 0 Å². The highest BCUT2D eigenvalue weighted by Crippen LogP contribution is 2.35. The molecule has 0 spiro atoms. The number of aryl methyl sites for hydroxylation is 1. The van der Waals surface area contributed by atoms with Gasteiger partial charge in [0.15, 0.2) is 0 Å². The van der Waals surface area contributed by atoms with Gasteiger partial charge in [-0.25, -0.2) is 0 Å². The Kier molecular flexibility index (Phi) is 6.90. The molecule has 2 atom stereocenters. The molecule has 0 aromatic heterocycles. The van der Waals surface area contributed by atoms with E-state index in [1.54, 1.807) is 0 Å². The molecule has 0 saturated carbocycles. The fraction of sp³-hybridized carbons (Fsp3) is 0.476. The van der Waals surface area contributed by atoms with Crippen LogP contribution in [0.3, 0.4) is 0 Å². The Bertz CT molecular complexity index is 713. The maximum atomic E-state index is 10.9. The minimum atomic E-state index is -0.796. The zero-order valence-electron chi connectivity index (χ0n) is 16.0. The van der Waals surface area contributed by atoms with Crippen LogP contribution in [0.1, 0.15) is 37.8 Å². The van der Waals surface area contributed by atoms with E-state index in [1.807, 2.05) is 43.1 Å². The van der Waals surface area contributed by atoms with E-state index < -0.39 is 5.97 Å². The molecule has 1 aromatic carbocycles. The van der Waals surface area contributed by atoms with Crippen LogP contribution in [0.5, 0.6) is 0 Å². The van der Waals surface area contributed by atoms with Crippen molar-refractivity contribution in [3.05, 3.63) is 58.3 Å². The van der Waals surface area contributed by atoms with E-state index in [2.05, 4.69) is 26.0 Å². The summed E-state index contributed by atoms with van der Waals surface area (Å²) < 4.78 is 5.89. The van der Waals surface area contributed by atoms with E-state index in [0.717, 1.165) is 34.8 Å². The zero-order valence-corrected chi connectivity index (χ0v) is 16.7. The second-order valence-electron chi connectivity index (χ2n) is 7.53. The van der Waals surface area contributed by atoms with Crippen LogP contribution in [0.4, 0.5) is 0 Å². The molecule has 0 aliphatic heterocycles. The average Bonchev–Trinajstić information content (AvgIpc) is 2.56. The summed E-state index contributed by atoms with van der Waals surface area (Å²) in [5.41, 5.74) is 2.11. The predicted molar refractivity (Wildman–Crippen MR) is 105 cm³/mol. The Morgan fingerprint density at radius 2 is 2.19 bits per heavy atom. The van der Waals surface area contributed by atoms with Crippen molar-refractivity contribution in [2.45, 2.75) is 46.3 Å². The third kappa shape index (κ3) is 5.89. The molecular formula is C21H28ClNO3. The van der Waals surface area contributed by atoms with Crippen LogP contribution >= 0.6 is 11.6 Å². The van der Waals surface area contributed by atoms with Gasteiger partial charge in [-0.1, -0.05) is 36.7 Å². The first-order valence-electron chi connectivity index (χ1n) is 8.88. The highest BCUT2D eigenvalue weighted by atomic mass is 35.5. The number of hydrogen-bond acceptors (Lipinski definition) is 3. The second kappa shape index (κ2) is 8.74. The van der Waals surface area contributed by atoms with Gasteiger partial charge >= 0.3 is 5.97 Å². The zero-order chi connectivity index (χ0) is 19.3. The lowest BCUT2D eigenvalue weighted by atomic mass is 9.78. The molecule has 26 heavy (non-hydrogen) atoms. The SMILES string of the molecule is Cc1ccc(COC2=CCC(C)(C[C@@H](C)N(C)CC(=O)O)C=C2)cc1Cl. The third-order valence-electron chi connectivity index (χ3n) is 4.96. The Morgan fingerprint density at radius 1 is 1.46 bits per heavy atom. The van der Waals surface area contributed by atoms with E-state index in [-0.39, 0.29) is 18.0 Å². The number of benzene rings is 1. The summed E-state index contributed by atoms with van der Waals surface area (Å²) in [6.45, 7) is 6.80. The molecule has 1 unspecified atom stereocenters. The topological polar surface area (TPSA) is 49.8 Å². The second-order valence-corrected chi connectivity index (χ2v) is 7.94. The van der Waals surface area contributed by atoms with Crippen LogP contribution in [-0.4, -0.2) is 35.6 Å². The van der Waals surface area contributed by atoms with Crippen molar-refractivity contribution in [1.82, 2.24) is 4.90 Å². The summed E-state index contributed by atoms with van der Waals surface area (Å²) in [5, 5.41) is 9.69. The molecule has 1 aliphatic rings. The van der Waals surface area contributed by atoms with Gasteiger partial charge in [-0.3, -0.25) is 9.69 Å². The van der Waals surface area contributed by atoms with Gasteiger partial charge < -0.3 is 9.84 Å². The monoisotopic (exact) mass is 377 g/mol. The van der Waals surface area contributed by atoms with Crippen molar-refractivity contribution in [3.8, 4) is 0 Å². The van der Waals surface area contributed by atoms with Gasteiger partial charge in [0, 0.05) is 11.1 Å². The maximum Gasteiger partial charge on any atom is 0.317 e. The van der Waals surface area contributed by atoms with E-state index in [9.17, 15) is 4.79 Å². The van der Waals surface area contributed by atoms with Crippen molar-refractivity contribution in [2.75, 3.05) is 13.6 Å². The smallest absolute Gasteiger partial charge is 0.317 e. The molecule has 0 bridgehead atoms. The van der Waals surface area contributed by atoms with Crippen LogP contribution in [-0.2, 0) is 16.1 Å². The number of ether oxygens (including phenoxy) is 1. The van der Waals surface area contributed by atoms with Crippen LogP contribution < -0.4 is 0 Å². The number of rotatable bonds is 8. The maximum absolute atomic E-state index is 10.9. The summed E-state index contributed by atoms with van der Waals surface area (Å²) in [7, 11) is 1.85. The van der Waals surface area contributed by atoms with Gasteiger partial charge in [-0.05, 0) is 68.5 Å². The molecule has 2 rings (SSSR count). The molecule has 142 valence electrons. The fourth-order valence-electron chi connectivity index (χ4n) is 3.10. The van der Waals surface area contributed by atoms with Gasteiger partial charge in [0.1, 0.15) is 12.4 Å². The Hall–Kier alpha value is -1.78. The number of halogens is 1. The lowest BCUT2D eigenvalue weighted by molar-refractivity contribution is -0.138. The molecule has 4 nitrogen and oxygen atoms in total. The lowest BCUT2D eigenvalue weighted by Gasteiger charge is -2.34. The van der Waals surface area contributed by atoms with Crippen molar-refractivity contribution in [1.29, 1.82) is 0 Å². The highest BCUT2D eigenvalue weighted by Gasteiger charge is 2.27. The first-order chi connectivity index (χ1) is 12.2.